The summed E-state index contributed by atoms with van der Waals surface area (Å²) in [5.41, 5.74) is 0.725. The minimum atomic E-state index is -1.15. The Morgan fingerprint density at radius 2 is 1.95 bits per heavy atom. The number of carboxylic acids is 1. The molecule has 0 bridgehead atoms. The van der Waals surface area contributed by atoms with Gasteiger partial charge in [-0.05, 0) is 30.5 Å². The molecule has 108 valence electrons. The average molecular weight is 300 g/mol. The maximum Gasteiger partial charge on any atom is 0.412 e. The molecule has 1 heterocycles. The van der Waals surface area contributed by atoms with Crippen LogP contribution in [0.15, 0.2) is 24.3 Å². The summed E-state index contributed by atoms with van der Waals surface area (Å²) < 4.78 is 5.02. The van der Waals surface area contributed by atoms with Crippen LogP contribution < -0.4 is 0 Å². The second-order valence-electron chi connectivity index (χ2n) is 4.50. The fourth-order valence-electron chi connectivity index (χ4n) is 2.08. The number of carbonyl (C=O) groups excluding carboxylic acids is 1. The highest BCUT2D eigenvalue weighted by atomic mass is 35.5. The number of hydrogen-bond donors (Lipinski definition) is 2. The predicted molar refractivity (Wildman–Crippen MR) is 70.1 cm³/mol. The first-order valence-corrected chi connectivity index (χ1v) is 6.47. The van der Waals surface area contributed by atoms with Crippen LogP contribution in [0.5, 0.6) is 0 Å². The van der Waals surface area contributed by atoms with Crippen molar-refractivity contribution >= 4 is 23.7 Å². The van der Waals surface area contributed by atoms with Crippen molar-refractivity contribution in [3.05, 3.63) is 34.9 Å². The van der Waals surface area contributed by atoms with Crippen LogP contribution >= 0.6 is 11.6 Å². The molecule has 1 aromatic rings. The van der Waals surface area contributed by atoms with Crippen molar-refractivity contribution in [3.8, 4) is 0 Å². The Labute approximate surface area is 120 Å². The van der Waals surface area contributed by atoms with Crippen LogP contribution in [0.4, 0.5) is 4.79 Å². The summed E-state index contributed by atoms with van der Waals surface area (Å²) in [5.74, 6) is -1.15. The molecule has 2 N–H and O–H groups in total. The Balaban J connectivity index is 1.97. The second kappa shape index (κ2) is 6.11. The molecule has 1 saturated heterocycles. The van der Waals surface area contributed by atoms with Crippen molar-refractivity contribution in [3.63, 3.8) is 0 Å². The fraction of sp³-hybridized carbons (Fsp3) is 0.385. The fourth-order valence-corrected chi connectivity index (χ4v) is 2.21. The number of likely N-dealkylation sites (tertiary alicyclic amines) is 1. The number of amides is 1. The van der Waals surface area contributed by atoms with Crippen LogP contribution in [0.25, 0.3) is 0 Å². The topological polar surface area (TPSA) is 87.1 Å². The molecule has 1 aliphatic heterocycles. The van der Waals surface area contributed by atoms with E-state index in [4.69, 9.17) is 21.4 Å². The summed E-state index contributed by atoms with van der Waals surface area (Å²) >= 11 is 5.74. The van der Waals surface area contributed by atoms with Gasteiger partial charge in [0, 0.05) is 5.02 Å². The number of aliphatic carboxylic acids is 1. The summed E-state index contributed by atoms with van der Waals surface area (Å²) in [7, 11) is 0. The number of halogens is 1. The first-order valence-electron chi connectivity index (χ1n) is 6.09. The van der Waals surface area contributed by atoms with E-state index in [0.717, 1.165) is 10.5 Å². The smallest absolute Gasteiger partial charge is 0.412 e. The van der Waals surface area contributed by atoms with E-state index in [1.807, 2.05) is 0 Å². The standard InChI is InChI=1S/C13H14ClNO5/c14-9-3-1-8(2-4-9)7-20-13(19)15-10(12(17)18)5-6-11(15)16/h1-4,10-11,16H,5-7H2,(H,17,18). The van der Waals surface area contributed by atoms with Crippen molar-refractivity contribution in [2.75, 3.05) is 0 Å². The minimum Gasteiger partial charge on any atom is -0.480 e. The number of carboxylic acid groups (broad SMARTS) is 1. The number of aliphatic hydroxyl groups excluding tert-OH is 1. The zero-order chi connectivity index (χ0) is 14.7. The van der Waals surface area contributed by atoms with E-state index in [9.17, 15) is 14.7 Å². The molecule has 6 nitrogen and oxygen atoms in total. The number of nitrogens with zero attached hydrogens (tertiary/aromatic N) is 1. The first kappa shape index (κ1) is 14.6. The van der Waals surface area contributed by atoms with Gasteiger partial charge < -0.3 is 14.9 Å². The molecular formula is C13H14ClNO5. The van der Waals surface area contributed by atoms with Crippen molar-refractivity contribution in [1.29, 1.82) is 0 Å². The third-order valence-electron chi connectivity index (χ3n) is 3.13. The van der Waals surface area contributed by atoms with E-state index in [1.165, 1.54) is 0 Å². The quantitative estimate of drug-likeness (QED) is 0.889. The molecule has 0 radical (unpaired) electrons. The monoisotopic (exact) mass is 299 g/mol. The van der Waals surface area contributed by atoms with Gasteiger partial charge in [-0.1, -0.05) is 23.7 Å². The zero-order valence-corrected chi connectivity index (χ0v) is 11.3. The lowest BCUT2D eigenvalue weighted by molar-refractivity contribution is -0.143. The molecule has 1 aliphatic rings. The third kappa shape index (κ3) is 3.20. The lowest BCUT2D eigenvalue weighted by Crippen LogP contribution is -2.45. The van der Waals surface area contributed by atoms with Gasteiger partial charge in [-0.15, -0.1) is 0 Å². The van der Waals surface area contributed by atoms with Gasteiger partial charge in [0.25, 0.3) is 0 Å². The Bertz CT molecular complexity index is 504. The largest absolute Gasteiger partial charge is 0.480 e. The van der Waals surface area contributed by atoms with Crippen LogP contribution in [-0.4, -0.2) is 39.4 Å². The van der Waals surface area contributed by atoms with Gasteiger partial charge in [0.05, 0.1) is 0 Å². The number of hydrogen-bond acceptors (Lipinski definition) is 4. The molecule has 0 aliphatic carbocycles. The van der Waals surface area contributed by atoms with Crippen molar-refractivity contribution < 1.29 is 24.5 Å². The molecule has 20 heavy (non-hydrogen) atoms. The molecule has 2 unspecified atom stereocenters. The zero-order valence-electron chi connectivity index (χ0n) is 10.5. The lowest BCUT2D eigenvalue weighted by Gasteiger charge is -2.24. The number of rotatable bonds is 3. The van der Waals surface area contributed by atoms with Crippen molar-refractivity contribution in [1.82, 2.24) is 4.90 Å². The Morgan fingerprint density at radius 3 is 2.55 bits per heavy atom. The van der Waals surface area contributed by atoms with Gasteiger partial charge in [0.15, 0.2) is 0 Å². The summed E-state index contributed by atoms with van der Waals surface area (Å²) in [6, 6.07) is 5.68. The molecule has 2 atom stereocenters. The van der Waals surface area contributed by atoms with Gasteiger partial charge in [-0.2, -0.15) is 0 Å². The molecular weight excluding hydrogens is 286 g/mol. The van der Waals surface area contributed by atoms with Gasteiger partial charge in [-0.25, -0.2) is 9.59 Å². The molecule has 0 spiro atoms. The van der Waals surface area contributed by atoms with Gasteiger partial charge in [-0.3, -0.25) is 4.90 Å². The average Bonchev–Trinajstić information content (AvgIpc) is 2.80. The predicted octanol–water partition coefficient (Wildman–Crippen LogP) is 1.84. The van der Waals surface area contributed by atoms with Crippen molar-refractivity contribution in [2.45, 2.75) is 31.7 Å². The maximum atomic E-state index is 11.9. The number of carbonyl (C=O) groups is 2. The molecule has 1 aromatic carbocycles. The van der Waals surface area contributed by atoms with Crippen LogP contribution in [0.2, 0.25) is 5.02 Å². The van der Waals surface area contributed by atoms with E-state index in [2.05, 4.69) is 0 Å². The number of ether oxygens (including phenoxy) is 1. The molecule has 0 aromatic heterocycles. The Kier molecular flexibility index (Phi) is 4.46. The maximum absolute atomic E-state index is 11.9. The SMILES string of the molecule is O=C(O)C1CCC(O)N1C(=O)OCc1ccc(Cl)cc1. The highest BCUT2D eigenvalue weighted by Gasteiger charge is 2.41. The summed E-state index contributed by atoms with van der Waals surface area (Å²) in [6.07, 6.45) is -1.51. The highest BCUT2D eigenvalue weighted by Crippen LogP contribution is 2.24. The normalized spacial score (nSPS) is 21.8. The van der Waals surface area contributed by atoms with Crippen LogP contribution in [0.3, 0.4) is 0 Å². The van der Waals surface area contributed by atoms with E-state index in [1.54, 1.807) is 24.3 Å². The third-order valence-corrected chi connectivity index (χ3v) is 3.38. The molecule has 0 saturated carbocycles. The van der Waals surface area contributed by atoms with E-state index in [0.29, 0.717) is 5.02 Å². The highest BCUT2D eigenvalue weighted by molar-refractivity contribution is 6.30. The van der Waals surface area contributed by atoms with Gasteiger partial charge in [0.2, 0.25) is 0 Å². The summed E-state index contributed by atoms with van der Waals surface area (Å²) in [6.45, 7) is -0.00837. The van der Waals surface area contributed by atoms with Gasteiger partial charge >= 0.3 is 12.1 Å². The molecule has 1 fully saturated rings. The Morgan fingerprint density at radius 1 is 1.30 bits per heavy atom. The summed E-state index contributed by atoms with van der Waals surface area (Å²) in [5, 5.41) is 19.2. The Hall–Kier alpha value is -1.79. The minimum absolute atomic E-state index is 0.00837. The number of benzene rings is 1. The van der Waals surface area contributed by atoms with Crippen LogP contribution in [0.1, 0.15) is 18.4 Å². The summed E-state index contributed by atoms with van der Waals surface area (Å²) in [4.78, 5) is 23.7. The van der Waals surface area contributed by atoms with E-state index in [-0.39, 0.29) is 19.4 Å². The molecule has 7 heteroatoms. The molecule has 2 rings (SSSR count). The second-order valence-corrected chi connectivity index (χ2v) is 4.94. The number of aliphatic hydroxyl groups is 1. The lowest BCUT2D eigenvalue weighted by atomic mass is 10.2. The van der Waals surface area contributed by atoms with Crippen LogP contribution in [-0.2, 0) is 16.1 Å². The van der Waals surface area contributed by atoms with E-state index < -0.39 is 24.3 Å². The van der Waals surface area contributed by atoms with Crippen molar-refractivity contribution in [2.24, 2.45) is 0 Å². The van der Waals surface area contributed by atoms with Crippen LogP contribution in [0, 0.1) is 0 Å². The first-order chi connectivity index (χ1) is 9.49. The van der Waals surface area contributed by atoms with Gasteiger partial charge in [0.1, 0.15) is 18.9 Å². The van der Waals surface area contributed by atoms with E-state index >= 15 is 0 Å². The molecule has 1 amide bonds.